The third-order valence-electron chi connectivity index (χ3n) is 3.22. The summed E-state index contributed by atoms with van der Waals surface area (Å²) < 4.78 is 0. The highest BCUT2D eigenvalue weighted by Gasteiger charge is 2.10. The number of pyridine rings is 1. The van der Waals surface area contributed by atoms with Crippen molar-refractivity contribution in [1.82, 2.24) is 15.0 Å². The van der Waals surface area contributed by atoms with Crippen LogP contribution in [0.15, 0.2) is 42.7 Å². The second kappa shape index (κ2) is 5.24. The molecule has 21 heavy (non-hydrogen) atoms. The van der Waals surface area contributed by atoms with Gasteiger partial charge in [-0.25, -0.2) is 15.0 Å². The standard InChI is InChI=1S/C15H15N5O/c1-20(8-10-2-4-11(21)5-3-10)15-12-6-7-13(16)19-14(12)17-9-18-15/h2-7,9,21H,8H2,1H3,(H2,16,17,18,19). The Kier molecular flexibility index (Phi) is 3.27. The first-order valence-electron chi connectivity index (χ1n) is 6.50. The summed E-state index contributed by atoms with van der Waals surface area (Å²) >= 11 is 0. The first-order valence-corrected chi connectivity index (χ1v) is 6.50. The zero-order valence-electron chi connectivity index (χ0n) is 11.6. The molecule has 0 fully saturated rings. The predicted molar refractivity (Wildman–Crippen MR) is 82.0 cm³/mol. The van der Waals surface area contributed by atoms with Crippen molar-refractivity contribution in [2.75, 3.05) is 17.7 Å². The number of hydrogen-bond acceptors (Lipinski definition) is 6. The summed E-state index contributed by atoms with van der Waals surface area (Å²) in [5, 5.41) is 10.2. The predicted octanol–water partition coefficient (Wildman–Crippen LogP) is 1.95. The molecule has 3 rings (SSSR count). The largest absolute Gasteiger partial charge is 0.508 e. The number of phenolic OH excluding ortho intramolecular Hbond substituents is 1. The van der Waals surface area contributed by atoms with Gasteiger partial charge in [0.2, 0.25) is 0 Å². The molecule has 0 aliphatic rings. The number of hydrogen-bond donors (Lipinski definition) is 2. The molecule has 0 saturated carbocycles. The SMILES string of the molecule is CN(Cc1ccc(O)cc1)c1ncnc2nc(N)ccc12. The lowest BCUT2D eigenvalue weighted by Crippen LogP contribution is -2.18. The maximum atomic E-state index is 9.32. The fraction of sp³-hybridized carbons (Fsp3) is 0.133. The molecule has 0 aliphatic carbocycles. The molecule has 2 heterocycles. The molecule has 3 aromatic rings. The van der Waals surface area contributed by atoms with Gasteiger partial charge in [-0.2, -0.15) is 0 Å². The second-order valence-electron chi connectivity index (χ2n) is 4.83. The number of rotatable bonds is 3. The Bertz CT molecular complexity index is 773. The lowest BCUT2D eigenvalue weighted by atomic mass is 10.2. The fourth-order valence-electron chi connectivity index (χ4n) is 2.20. The van der Waals surface area contributed by atoms with Crippen LogP contribution in [0.3, 0.4) is 0 Å². The maximum Gasteiger partial charge on any atom is 0.166 e. The van der Waals surface area contributed by atoms with Gasteiger partial charge in [-0.1, -0.05) is 12.1 Å². The van der Waals surface area contributed by atoms with Gasteiger partial charge in [0.15, 0.2) is 5.65 Å². The summed E-state index contributed by atoms with van der Waals surface area (Å²) in [5.74, 6) is 1.49. The molecule has 1 aromatic carbocycles. The number of nitrogens with zero attached hydrogens (tertiary/aromatic N) is 4. The van der Waals surface area contributed by atoms with Crippen LogP contribution in [0.5, 0.6) is 5.75 Å². The first-order chi connectivity index (χ1) is 10.1. The minimum absolute atomic E-state index is 0.258. The average molecular weight is 281 g/mol. The van der Waals surface area contributed by atoms with Crippen LogP contribution in [0.1, 0.15) is 5.56 Å². The first kappa shape index (κ1) is 13.1. The van der Waals surface area contributed by atoms with E-state index in [9.17, 15) is 5.11 Å². The Hall–Kier alpha value is -2.89. The van der Waals surface area contributed by atoms with Crippen molar-refractivity contribution < 1.29 is 5.11 Å². The third-order valence-corrected chi connectivity index (χ3v) is 3.22. The Morgan fingerprint density at radius 2 is 1.86 bits per heavy atom. The zero-order chi connectivity index (χ0) is 14.8. The van der Waals surface area contributed by atoms with Crippen LogP contribution in [0.2, 0.25) is 0 Å². The molecule has 2 aromatic heterocycles. The number of nitrogens with two attached hydrogens (primary N) is 1. The Balaban J connectivity index is 1.94. The van der Waals surface area contributed by atoms with Gasteiger partial charge >= 0.3 is 0 Å². The van der Waals surface area contributed by atoms with Crippen molar-refractivity contribution in [2.45, 2.75) is 6.54 Å². The number of nitrogen functional groups attached to an aromatic ring is 1. The molecule has 0 aliphatic heterocycles. The van der Waals surface area contributed by atoms with Gasteiger partial charge in [0, 0.05) is 13.6 Å². The summed E-state index contributed by atoms with van der Waals surface area (Å²) in [6.07, 6.45) is 1.48. The molecule has 0 amide bonds. The topological polar surface area (TPSA) is 88.2 Å². The van der Waals surface area contributed by atoms with Crippen LogP contribution in [-0.4, -0.2) is 27.1 Å². The number of aromatic hydroxyl groups is 1. The van der Waals surface area contributed by atoms with Gasteiger partial charge in [-0.05, 0) is 29.8 Å². The number of aromatic nitrogens is 3. The zero-order valence-corrected chi connectivity index (χ0v) is 11.6. The summed E-state index contributed by atoms with van der Waals surface area (Å²) in [6, 6.07) is 10.7. The van der Waals surface area contributed by atoms with Gasteiger partial charge in [0.05, 0.1) is 5.39 Å². The van der Waals surface area contributed by atoms with Crippen molar-refractivity contribution in [1.29, 1.82) is 0 Å². The van der Waals surface area contributed by atoms with Gasteiger partial charge in [0.25, 0.3) is 0 Å². The van der Waals surface area contributed by atoms with E-state index in [0.717, 1.165) is 16.8 Å². The van der Waals surface area contributed by atoms with Gasteiger partial charge in [-0.3, -0.25) is 0 Å². The molecular weight excluding hydrogens is 266 g/mol. The van der Waals surface area contributed by atoms with Crippen LogP contribution in [0, 0.1) is 0 Å². The smallest absolute Gasteiger partial charge is 0.166 e. The molecule has 3 N–H and O–H groups in total. The van der Waals surface area contributed by atoms with E-state index < -0.39 is 0 Å². The van der Waals surface area contributed by atoms with Crippen molar-refractivity contribution in [3.8, 4) is 5.75 Å². The molecule has 0 atom stereocenters. The Morgan fingerprint density at radius 1 is 1.10 bits per heavy atom. The molecule has 6 nitrogen and oxygen atoms in total. The molecule has 0 saturated heterocycles. The molecule has 106 valence electrons. The van der Waals surface area contributed by atoms with Gasteiger partial charge in [0.1, 0.15) is 23.7 Å². The molecule has 0 bridgehead atoms. The summed E-state index contributed by atoms with van der Waals surface area (Å²) in [5.41, 5.74) is 7.33. The molecule has 0 unspecified atom stereocenters. The highest BCUT2D eigenvalue weighted by Crippen LogP contribution is 2.23. The van der Waals surface area contributed by atoms with E-state index in [1.165, 1.54) is 6.33 Å². The van der Waals surface area contributed by atoms with Crippen molar-refractivity contribution in [2.24, 2.45) is 0 Å². The molecule has 6 heteroatoms. The highest BCUT2D eigenvalue weighted by atomic mass is 16.3. The van der Waals surface area contributed by atoms with E-state index in [4.69, 9.17) is 5.73 Å². The molecular formula is C15H15N5O. The Morgan fingerprint density at radius 3 is 2.62 bits per heavy atom. The number of fused-ring (bicyclic) bond motifs is 1. The lowest BCUT2D eigenvalue weighted by molar-refractivity contribution is 0.475. The second-order valence-corrected chi connectivity index (χ2v) is 4.83. The monoisotopic (exact) mass is 281 g/mol. The highest BCUT2D eigenvalue weighted by molar-refractivity contribution is 5.87. The van der Waals surface area contributed by atoms with E-state index in [0.29, 0.717) is 18.0 Å². The number of phenols is 1. The summed E-state index contributed by atoms with van der Waals surface area (Å²) in [7, 11) is 1.95. The lowest BCUT2D eigenvalue weighted by Gasteiger charge is -2.19. The van der Waals surface area contributed by atoms with E-state index in [2.05, 4.69) is 15.0 Å². The normalized spacial score (nSPS) is 10.7. The van der Waals surface area contributed by atoms with E-state index >= 15 is 0 Å². The van der Waals surface area contributed by atoms with Crippen molar-refractivity contribution in [3.05, 3.63) is 48.3 Å². The van der Waals surface area contributed by atoms with E-state index in [1.807, 2.05) is 30.1 Å². The quantitative estimate of drug-likeness (QED) is 0.763. The number of anilines is 2. The van der Waals surface area contributed by atoms with Gasteiger partial charge in [-0.15, -0.1) is 0 Å². The van der Waals surface area contributed by atoms with Crippen molar-refractivity contribution >= 4 is 22.7 Å². The van der Waals surface area contributed by atoms with E-state index in [1.54, 1.807) is 18.2 Å². The van der Waals surface area contributed by atoms with Crippen LogP contribution < -0.4 is 10.6 Å². The minimum atomic E-state index is 0.258. The maximum absolute atomic E-state index is 9.32. The summed E-state index contributed by atoms with van der Waals surface area (Å²) in [6.45, 7) is 0.663. The number of benzene rings is 1. The fourth-order valence-corrected chi connectivity index (χ4v) is 2.20. The van der Waals surface area contributed by atoms with Crippen LogP contribution >= 0.6 is 0 Å². The molecule has 0 spiro atoms. The van der Waals surface area contributed by atoms with Crippen molar-refractivity contribution in [3.63, 3.8) is 0 Å². The van der Waals surface area contributed by atoms with Crippen LogP contribution in [-0.2, 0) is 6.54 Å². The van der Waals surface area contributed by atoms with E-state index in [-0.39, 0.29) is 5.75 Å². The Labute approximate surface area is 121 Å². The average Bonchev–Trinajstić information content (AvgIpc) is 2.48. The molecule has 0 radical (unpaired) electrons. The third kappa shape index (κ3) is 2.69. The minimum Gasteiger partial charge on any atom is -0.508 e. The van der Waals surface area contributed by atoms with Crippen LogP contribution in [0.25, 0.3) is 11.0 Å². The summed E-state index contributed by atoms with van der Waals surface area (Å²) in [4.78, 5) is 14.7. The van der Waals surface area contributed by atoms with Crippen LogP contribution in [0.4, 0.5) is 11.6 Å². The van der Waals surface area contributed by atoms with Gasteiger partial charge < -0.3 is 15.7 Å².